The number of nitriles is 4. The van der Waals surface area contributed by atoms with E-state index in [1.54, 1.807) is 73.8 Å². The van der Waals surface area contributed by atoms with Gasteiger partial charge in [0.15, 0.2) is 34.7 Å². The van der Waals surface area contributed by atoms with Gasteiger partial charge in [-0.05, 0) is 6.92 Å². The van der Waals surface area contributed by atoms with Crippen molar-refractivity contribution in [1.82, 2.24) is 19.9 Å². The maximum absolute atomic E-state index is 12.1. The van der Waals surface area contributed by atoms with Crippen molar-refractivity contribution >= 4 is 28.9 Å². The molecule has 0 saturated carbocycles. The summed E-state index contributed by atoms with van der Waals surface area (Å²) in [5, 5.41) is 48.7. The van der Waals surface area contributed by atoms with E-state index in [4.69, 9.17) is 15.3 Å². The lowest BCUT2D eigenvalue weighted by molar-refractivity contribution is -0.136. The fourth-order valence-corrected chi connectivity index (χ4v) is 4.48. The van der Waals surface area contributed by atoms with Crippen molar-refractivity contribution in [1.29, 1.82) is 21.0 Å². The Morgan fingerprint density at radius 3 is 2.07 bits per heavy atom. The summed E-state index contributed by atoms with van der Waals surface area (Å²) in [5.74, 6) is -1.15. The number of benzene rings is 2. The Morgan fingerprint density at radius 2 is 1.47 bits per heavy atom. The molecule has 0 aliphatic heterocycles. The standard InChI is InChI=1S/C17H10N4O3.C13H5N5O/c1-2-24-17(23)11(7-18)13-12(8-19)20-15-14(21-13)9-5-3-4-6-10(9)16(15)22;14-5-9-13(16-6-15)18-10-7-3-1-2-4-8(7)12(19)11(10)17-9/h3-6,22H,2H2,1H3;1-4H,(H,16,18). The van der Waals surface area contributed by atoms with Crippen LogP contribution in [0.1, 0.15) is 39.9 Å². The Kier molecular flexibility index (Phi) is 7.23. The average molecular weight is 566 g/mol. The largest absolute Gasteiger partial charge is 0.505 e. The molecule has 0 unspecified atom stereocenters. The van der Waals surface area contributed by atoms with Crippen LogP contribution in [-0.4, -0.2) is 43.4 Å². The van der Waals surface area contributed by atoms with Crippen molar-refractivity contribution in [3.05, 3.63) is 87.4 Å². The van der Waals surface area contributed by atoms with Crippen LogP contribution in [0.4, 0.5) is 5.82 Å². The first-order valence-corrected chi connectivity index (χ1v) is 12.4. The van der Waals surface area contributed by atoms with Crippen molar-refractivity contribution in [2.24, 2.45) is 0 Å². The molecule has 2 heterocycles. The van der Waals surface area contributed by atoms with Gasteiger partial charge in [-0.25, -0.2) is 24.7 Å². The van der Waals surface area contributed by atoms with Gasteiger partial charge in [-0.15, -0.1) is 0 Å². The number of aliphatic hydroxyl groups is 1. The van der Waals surface area contributed by atoms with E-state index >= 15 is 0 Å². The van der Waals surface area contributed by atoms with Gasteiger partial charge in [-0.2, -0.15) is 21.0 Å². The summed E-state index contributed by atoms with van der Waals surface area (Å²) in [4.78, 5) is 40.6. The molecule has 13 heteroatoms. The van der Waals surface area contributed by atoms with Crippen molar-refractivity contribution in [2.45, 2.75) is 6.92 Å². The maximum Gasteiger partial charge on any atom is 0.351 e. The molecule has 0 spiro atoms. The van der Waals surface area contributed by atoms with Crippen molar-refractivity contribution in [3.8, 4) is 46.9 Å². The number of nitrogens with one attached hydrogen (secondary N) is 1. The first kappa shape index (κ1) is 27.6. The molecule has 0 bridgehead atoms. The van der Waals surface area contributed by atoms with Crippen molar-refractivity contribution < 1.29 is 19.4 Å². The van der Waals surface area contributed by atoms with Gasteiger partial charge in [-0.1, -0.05) is 48.5 Å². The number of fused-ring (bicyclic) bond motifs is 6. The van der Waals surface area contributed by atoms with Crippen LogP contribution >= 0.6 is 0 Å². The zero-order chi connectivity index (χ0) is 30.7. The van der Waals surface area contributed by atoms with Crippen LogP contribution in [0.2, 0.25) is 0 Å². The fourth-order valence-electron chi connectivity index (χ4n) is 4.48. The van der Waals surface area contributed by atoms with E-state index in [9.17, 15) is 25.2 Å². The predicted octanol–water partition coefficient (Wildman–Crippen LogP) is 1.73. The Balaban J connectivity index is 0.000000176. The van der Waals surface area contributed by atoms with E-state index in [-0.39, 0.29) is 51.7 Å². The van der Waals surface area contributed by atoms with Gasteiger partial charge in [0.2, 0.25) is 5.78 Å². The predicted molar refractivity (Wildman–Crippen MR) is 147 cm³/mol. The van der Waals surface area contributed by atoms with Crippen LogP contribution in [0.5, 0.6) is 0 Å². The molecule has 2 N–H and O–H groups in total. The average Bonchev–Trinajstić information content (AvgIpc) is 3.47. The monoisotopic (exact) mass is 565 g/mol. The first-order valence-electron chi connectivity index (χ1n) is 12.4. The van der Waals surface area contributed by atoms with Gasteiger partial charge in [0.25, 0.3) is 0 Å². The molecule has 0 saturated heterocycles. The van der Waals surface area contributed by atoms with Gasteiger partial charge in [0.05, 0.1) is 6.61 Å². The first-order chi connectivity index (χ1) is 20.9. The third-order valence-electron chi connectivity index (χ3n) is 6.31. The van der Waals surface area contributed by atoms with Gasteiger partial charge in [0.1, 0.15) is 46.0 Å². The minimum absolute atomic E-state index is 0.0632. The van der Waals surface area contributed by atoms with Crippen LogP contribution in [-0.2, 0) is 9.53 Å². The van der Waals surface area contributed by atoms with Gasteiger partial charge in [-0.3, -0.25) is 10.1 Å². The van der Waals surface area contributed by atoms with Crippen LogP contribution in [0.15, 0.2) is 48.5 Å². The van der Waals surface area contributed by atoms with Gasteiger partial charge in [0, 0.05) is 22.3 Å². The van der Waals surface area contributed by atoms with Crippen LogP contribution in [0, 0.1) is 45.4 Å². The summed E-state index contributed by atoms with van der Waals surface area (Å²) in [6.45, 7) is 1.69. The number of anilines is 1. The van der Waals surface area contributed by atoms with Crippen LogP contribution in [0.25, 0.3) is 33.8 Å². The minimum Gasteiger partial charge on any atom is -0.505 e. The molecule has 2 aliphatic carbocycles. The van der Waals surface area contributed by atoms with Crippen molar-refractivity contribution in [3.63, 3.8) is 0 Å². The zero-order valence-electron chi connectivity index (χ0n) is 22.1. The molecule has 0 amide bonds. The quantitative estimate of drug-likeness (QED) is 0.181. The third kappa shape index (κ3) is 4.62. The lowest BCUT2D eigenvalue weighted by Gasteiger charge is -2.03. The number of nitrogens with zero attached hydrogens (tertiary/aromatic N) is 8. The summed E-state index contributed by atoms with van der Waals surface area (Å²) >= 11 is 0. The molecular formula is C30H15N9O4. The molecular weight excluding hydrogens is 550 g/mol. The number of esters is 1. The molecule has 13 nitrogen and oxygen atoms in total. The molecule has 0 atom stereocenters. The highest BCUT2D eigenvalue weighted by Gasteiger charge is 2.31. The third-order valence-corrected chi connectivity index (χ3v) is 6.31. The molecule has 6 rings (SSSR count). The molecule has 43 heavy (non-hydrogen) atoms. The molecule has 0 radical (unpaired) electrons. The van der Waals surface area contributed by atoms with E-state index in [2.05, 4.69) is 25.3 Å². The van der Waals surface area contributed by atoms with E-state index in [1.165, 1.54) is 0 Å². The summed E-state index contributed by atoms with van der Waals surface area (Å²) in [6.07, 6.45) is 1.70. The SMILES string of the molecule is CCOC(=O)C(C#N)=c1nc2c(nc1C#N)=C(O)c1ccccc1-2.N#CNc1nc2c(nc1C#N)C(=O)c1ccccc1-2. The number of carbonyl (C=O) groups is 2. The normalized spacial score (nSPS) is 11.9. The van der Waals surface area contributed by atoms with Gasteiger partial charge < -0.3 is 9.84 Å². The smallest absolute Gasteiger partial charge is 0.351 e. The number of hydrogen-bond acceptors (Lipinski definition) is 13. The number of aliphatic hydroxyl groups excluding tert-OH is 1. The van der Waals surface area contributed by atoms with E-state index in [1.807, 2.05) is 6.07 Å². The number of carbonyl (C=O) groups excluding carboxylic acids is 2. The molecule has 2 aromatic carbocycles. The van der Waals surface area contributed by atoms with Crippen LogP contribution in [0.3, 0.4) is 0 Å². The highest BCUT2D eigenvalue weighted by molar-refractivity contribution is 6.20. The van der Waals surface area contributed by atoms with Crippen LogP contribution < -0.4 is 16.0 Å². The van der Waals surface area contributed by atoms with Gasteiger partial charge >= 0.3 is 5.97 Å². The second-order valence-electron chi connectivity index (χ2n) is 8.67. The Bertz CT molecular complexity index is 2180. The number of ether oxygens (including phenoxy) is 1. The molecule has 4 aromatic rings. The molecule has 0 fully saturated rings. The highest BCUT2D eigenvalue weighted by atomic mass is 16.5. The fraction of sp³-hybridized carbons (Fsp3) is 0.0667. The lowest BCUT2D eigenvalue weighted by Crippen LogP contribution is -2.29. The maximum atomic E-state index is 12.1. The Hall–Kier alpha value is -6.96. The molecule has 2 aromatic heterocycles. The molecule has 2 aliphatic rings. The second kappa shape index (κ2) is 11.3. The minimum atomic E-state index is -0.870. The zero-order valence-corrected chi connectivity index (χ0v) is 22.1. The number of ketones is 1. The Morgan fingerprint density at radius 1 is 0.837 bits per heavy atom. The molecule has 204 valence electrons. The Labute approximate surface area is 242 Å². The van der Waals surface area contributed by atoms with E-state index in [0.29, 0.717) is 33.6 Å². The number of rotatable bonds is 3. The second-order valence-corrected chi connectivity index (χ2v) is 8.67. The topological polar surface area (TPSA) is 222 Å². The summed E-state index contributed by atoms with van der Waals surface area (Å²) in [5.41, 5.74) is 2.50. The highest BCUT2D eigenvalue weighted by Crippen LogP contribution is 2.35. The lowest BCUT2D eigenvalue weighted by atomic mass is 10.1. The summed E-state index contributed by atoms with van der Waals surface area (Å²) < 4.78 is 4.83. The number of aromatic nitrogens is 4. The van der Waals surface area contributed by atoms with E-state index in [0.717, 1.165) is 0 Å². The summed E-state index contributed by atoms with van der Waals surface area (Å²) in [7, 11) is 0. The van der Waals surface area contributed by atoms with Crippen molar-refractivity contribution in [2.75, 3.05) is 11.9 Å². The van der Waals surface area contributed by atoms with E-state index < -0.39 is 11.5 Å². The summed E-state index contributed by atoms with van der Waals surface area (Å²) in [6, 6.07) is 19.3. The number of hydrogen-bond donors (Lipinski definition) is 2.